The number of halogens is 1. The number of benzene rings is 2. The number of hydrogen-bond acceptors (Lipinski definition) is 5. The molecule has 3 aromatic heterocycles. The number of amides is 1. The number of aromatic nitrogens is 3. The van der Waals surface area contributed by atoms with E-state index in [0.29, 0.717) is 22.4 Å². The van der Waals surface area contributed by atoms with Crippen molar-refractivity contribution in [2.45, 2.75) is 38.8 Å². The van der Waals surface area contributed by atoms with Crippen molar-refractivity contribution in [2.75, 3.05) is 20.1 Å². The molecule has 1 atom stereocenters. The molecule has 2 aromatic carbocycles. The number of nitrogens with one attached hydrogen (secondary N) is 1. The second-order valence-corrected chi connectivity index (χ2v) is 10.6. The fraction of sp³-hybridized carbons (Fsp3) is 0.300. The number of hydrogen-bond donors (Lipinski definition) is 1. The number of carbonyl (C=O) groups is 1. The second kappa shape index (κ2) is 9.81. The first-order valence-corrected chi connectivity index (χ1v) is 13.1. The van der Waals surface area contributed by atoms with E-state index in [-0.39, 0.29) is 17.9 Å². The van der Waals surface area contributed by atoms with Crippen molar-refractivity contribution < 1.29 is 13.6 Å². The summed E-state index contributed by atoms with van der Waals surface area (Å²) in [5, 5.41) is 1.08. The molecule has 6 rings (SSSR count). The predicted molar refractivity (Wildman–Crippen MR) is 148 cm³/mol. The summed E-state index contributed by atoms with van der Waals surface area (Å²) >= 11 is 0. The maximum Gasteiger partial charge on any atom is 0.417 e. The zero-order valence-electron chi connectivity index (χ0n) is 22.1. The third-order valence-corrected chi connectivity index (χ3v) is 7.78. The lowest BCUT2D eigenvalue weighted by Crippen LogP contribution is -2.33. The van der Waals surface area contributed by atoms with Crippen LogP contribution in [-0.4, -0.2) is 56.4 Å². The normalized spacial score (nSPS) is 16.1. The Morgan fingerprint density at radius 1 is 1.23 bits per heavy atom. The minimum absolute atomic E-state index is 0.0220. The van der Waals surface area contributed by atoms with Crippen LogP contribution in [0.25, 0.3) is 27.7 Å². The van der Waals surface area contributed by atoms with Crippen LogP contribution >= 0.6 is 0 Å². The van der Waals surface area contributed by atoms with Crippen molar-refractivity contribution in [1.82, 2.24) is 24.3 Å². The lowest BCUT2D eigenvalue weighted by Gasteiger charge is -2.23. The van der Waals surface area contributed by atoms with Gasteiger partial charge in [0.25, 0.3) is 5.91 Å². The van der Waals surface area contributed by atoms with Gasteiger partial charge in [-0.1, -0.05) is 6.07 Å². The van der Waals surface area contributed by atoms with E-state index in [9.17, 15) is 14.0 Å². The largest absolute Gasteiger partial charge is 0.417 e. The summed E-state index contributed by atoms with van der Waals surface area (Å²) in [6.45, 7) is 6.43. The van der Waals surface area contributed by atoms with Gasteiger partial charge in [-0.2, -0.15) is 0 Å². The maximum atomic E-state index is 14.3. The van der Waals surface area contributed by atoms with Crippen LogP contribution in [0.1, 0.15) is 47.7 Å². The Morgan fingerprint density at radius 3 is 2.90 bits per heavy atom. The fourth-order valence-electron chi connectivity index (χ4n) is 5.52. The number of pyridine rings is 1. The van der Waals surface area contributed by atoms with Crippen molar-refractivity contribution in [3.8, 4) is 5.69 Å². The number of nitrogens with zero attached hydrogens (tertiary/aromatic N) is 4. The van der Waals surface area contributed by atoms with Crippen LogP contribution in [0.4, 0.5) is 4.39 Å². The zero-order valence-corrected chi connectivity index (χ0v) is 22.1. The minimum atomic E-state index is -0.448. The molecule has 5 aromatic rings. The average Bonchev–Trinajstić information content (AvgIpc) is 3.63. The van der Waals surface area contributed by atoms with Gasteiger partial charge in [-0.05, 0) is 80.3 Å². The third kappa shape index (κ3) is 4.63. The molecule has 0 spiro atoms. The molecular formula is C30H30FN5O3. The third-order valence-electron chi connectivity index (χ3n) is 7.78. The molecule has 1 aliphatic rings. The molecule has 0 aliphatic carbocycles. The first-order chi connectivity index (χ1) is 18.8. The molecule has 1 aliphatic heterocycles. The number of carbonyl (C=O) groups excluding carboxylic acids is 1. The highest BCUT2D eigenvalue weighted by atomic mass is 19.1. The van der Waals surface area contributed by atoms with E-state index in [2.05, 4.69) is 21.1 Å². The van der Waals surface area contributed by atoms with Crippen molar-refractivity contribution in [3.05, 3.63) is 94.1 Å². The van der Waals surface area contributed by atoms with Gasteiger partial charge in [0.15, 0.2) is 5.58 Å². The number of aromatic amines is 1. The van der Waals surface area contributed by atoms with Crippen molar-refractivity contribution in [3.63, 3.8) is 0 Å². The highest BCUT2D eigenvalue weighted by Crippen LogP contribution is 2.36. The molecule has 39 heavy (non-hydrogen) atoms. The molecule has 9 heteroatoms. The van der Waals surface area contributed by atoms with Crippen molar-refractivity contribution in [2.24, 2.45) is 0 Å². The molecule has 1 N–H and O–H groups in total. The number of H-pyrrole nitrogens is 1. The Bertz CT molecular complexity index is 1750. The molecule has 1 saturated heterocycles. The van der Waals surface area contributed by atoms with Crippen molar-refractivity contribution >= 4 is 27.9 Å². The van der Waals surface area contributed by atoms with E-state index in [1.807, 2.05) is 42.7 Å². The van der Waals surface area contributed by atoms with Crippen LogP contribution in [0.3, 0.4) is 0 Å². The Morgan fingerprint density at radius 2 is 2.08 bits per heavy atom. The van der Waals surface area contributed by atoms with Crippen LogP contribution in [0.15, 0.2) is 70.3 Å². The van der Waals surface area contributed by atoms with Gasteiger partial charge in [0.2, 0.25) is 0 Å². The fourth-order valence-corrected chi connectivity index (χ4v) is 5.52. The molecule has 0 bridgehead atoms. The first kappa shape index (κ1) is 25.1. The van der Waals surface area contributed by atoms with E-state index in [0.717, 1.165) is 42.5 Å². The van der Waals surface area contributed by atoms with Crippen molar-refractivity contribution in [1.29, 1.82) is 0 Å². The smallest absolute Gasteiger partial charge is 0.408 e. The van der Waals surface area contributed by atoms with Gasteiger partial charge in [-0.25, -0.2) is 9.18 Å². The summed E-state index contributed by atoms with van der Waals surface area (Å²) in [7, 11) is 1.73. The topological polar surface area (TPSA) is 87.4 Å². The second-order valence-electron chi connectivity index (χ2n) is 10.6. The summed E-state index contributed by atoms with van der Waals surface area (Å²) in [5.74, 6) is -0.837. The molecule has 1 fully saturated rings. The molecule has 200 valence electrons. The van der Waals surface area contributed by atoms with Crippen LogP contribution in [-0.2, 0) is 6.54 Å². The molecule has 0 radical (unpaired) electrons. The van der Waals surface area contributed by atoms with Gasteiger partial charge < -0.3 is 13.9 Å². The van der Waals surface area contributed by atoms with E-state index in [4.69, 9.17) is 4.42 Å². The van der Waals surface area contributed by atoms with E-state index in [1.165, 1.54) is 17.7 Å². The van der Waals surface area contributed by atoms with E-state index in [1.54, 1.807) is 30.4 Å². The summed E-state index contributed by atoms with van der Waals surface area (Å²) in [5.41, 5.74) is 5.39. The summed E-state index contributed by atoms with van der Waals surface area (Å²) in [6.07, 6.45) is 6.66. The van der Waals surface area contributed by atoms with E-state index < -0.39 is 11.6 Å². The highest BCUT2D eigenvalue weighted by molar-refractivity contribution is 5.99. The van der Waals surface area contributed by atoms with Gasteiger partial charge in [0.1, 0.15) is 5.82 Å². The number of fused-ring (bicyclic) bond motifs is 2. The van der Waals surface area contributed by atoms with Crippen LogP contribution in [0.2, 0.25) is 0 Å². The molecule has 0 saturated carbocycles. The lowest BCUT2D eigenvalue weighted by atomic mass is 9.98. The predicted octanol–water partition coefficient (Wildman–Crippen LogP) is 5.07. The van der Waals surface area contributed by atoms with Crippen LogP contribution in [0.5, 0.6) is 0 Å². The molecular weight excluding hydrogens is 497 g/mol. The average molecular weight is 528 g/mol. The highest BCUT2D eigenvalue weighted by Gasteiger charge is 2.28. The van der Waals surface area contributed by atoms with Gasteiger partial charge in [-0.15, -0.1) is 0 Å². The SMILES string of the molecule is CC(C)N(C)C(=O)c1cc(F)ccc1-n1cc(C2CCN(Cc3ccc4oc(=O)[nH]c4c3)C2)c2ccncc21. The first-order valence-electron chi connectivity index (χ1n) is 13.1. The molecule has 4 heterocycles. The Kier molecular flexibility index (Phi) is 6.31. The van der Waals surface area contributed by atoms with Crippen LogP contribution in [0, 0.1) is 5.82 Å². The van der Waals surface area contributed by atoms with Gasteiger partial charge in [0.05, 0.1) is 28.5 Å². The minimum Gasteiger partial charge on any atom is -0.408 e. The van der Waals surface area contributed by atoms with Gasteiger partial charge >= 0.3 is 5.76 Å². The van der Waals surface area contributed by atoms with E-state index >= 15 is 0 Å². The number of rotatable bonds is 6. The maximum absolute atomic E-state index is 14.3. The monoisotopic (exact) mass is 527 g/mol. The molecule has 1 unspecified atom stereocenters. The lowest BCUT2D eigenvalue weighted by molar-refractivity contribution is 0.0754. The Hall–Kier alpha value is -4.24. The standard InChI is InChI=1S/C30H30FN5O3/c1-18(2)34(3)29(37)23-13-21(31)5-6-26(23)36-17-24(22-8-10-32-14-27(22)36)20-9-11-35(16-20)15-19-4-7-28-25(12-19)33-30(38)39-28/h4-8,10,12-14,17-18,20H,9,11,15-16H2,1-3H3,(H,33,38). The number of oxazole rings is 1. The molecule has 1 amide bonds. The molecule has 8 nitrogen and oxygen atoms in total. The quantitative estimate of drug-likeness (QED) is 0.333. The Labute approximate surface area is 224 Å². The number of likely N-dealkylation sites (tertiary alicyclic amines) is 1. The zero-order chi connectivity index (χ0) is 27.3. The Balaban J connectivity index is 1.32. The summed E-state index contributed by atoms with van der Waals surface area (Å²) in [4.78, 5) is 36.0. The van der Waals surface area contributed by atoms with Gasteiger partial charge in [-0.3, -0.25) is 19.7 Å². The summed E-state index contributed by atoms with van der Waals surface area (Å²) in [6, 6.07) is 12.2. The van der Waals surface area contributed by atoms with Gasteiger partial charge in [0, 0.05) is 44.0 Å². The summed E-state index contributed by atoms with van der Waals surface area (Å²) < 4.78 is 21.4. The van der Waals surface area contributed by atoms with Crippen LogP contribution < -0.4 is 5.76 Å².